The van der Waals surface area contributed by atoms with Crippen LogP contribution in [0.2, 0.25) is 0 Å². The molecule has 7 heteroatoms. The standard InChI is InChI=1S/C14H13FN2O2S.ClH/c15-10-4-2-1-3-9(10)12-8-17-14(20-12)13(18)11-7-16-5-6-19-11;/h1-4,8,11,16H,5-7H2;1H/t11-;/m0./s1. The van der Waals surface area contributed by atoms with Gasteiger partial charge in [-0.25, -0.2) is 9.37 Å². The fourth-order valence-corrected chi connectivity index (χ4v) is 2.97. The number of morpholine rings is 1. The highest BCUT2D eigenvalue weighted by atomic mass is 35.5. The molecule has 1 fully saturated rings. The Morgan fingerprint density at radius 2 is 2.24 bits per heavy atom. The number of ether oxygens (including phenoxy) is 1. The van der Waals surface area contributed by atoms with E-state index in [4.69, 9.17) is 4.74 Å². The summed E-state index contributed by atoms with van der Waals surface area (Å²) in [5.41, 5.74) is 0.465. The van der Waals surface area contributed by atoms with Crippen LogP contribution in [0, 0.1) is 5.82 Å². The number of nitrogens with zero attached hydrogens (tertiary/aromatic N) is 1. The zero-order valence-corrected chi connectivity index (χ0v) is 12.7. The lowest BCUT2D eigenvalue weighted by molar-refractivity contribution is 0.0269. The maximum atomic E-state index is 13.7. The highest BCUT2D eigenvalue weighted by molar-refractivity contribution is 7.17. The lowest BCUT2D eigenvalue weighted by atomic mass is 10.2. The molecule has 0 amide bonds. The van der Waals surface area contributed by atoms with Crippen molar-refractivity contribution in [2.45, 2.75) is 6.10 Å². The van der Waals surface area contributed by atoms with E-state index < -0.39 is 6.10 Å². The highest BCUT2D eigenvalue weighted by Gasteiger charge is 2.25. The monoisotopic (exact) mass is 328 g/mol. The summed E-state index contributed by atoms with van der Waals surface area (Å²) in [7, 11) is 0. The van der Waals surface area contributed by atoms with E-state index in [2.05, 4.69) is 10.3 Å². The molecule has 2 aromatic rings. The van der Waals surface area contributed by atoms with Crippen LogP contribution in [-0.4, -0.2) is 36.6 Å². The SMILES string of the molecule is Cl.O=C(c1ncc(-c2ccccc2F)s1)[C@@H]1CNCCO1. The Morgan fingerprint density at radius 3 is 2.95 bits per heavy atom. The molecule has 2 heterocycles. The second-order valence-electron chi connectivity index (χ2n) is 4.44. The van der Waals surface area contributed by atoms with Crippen molar-refractivity contribution >= 4 is 29.5 Å². The van der Waals surface area contributed by atoms with E-state index in [1.807, 2.05) is 0 Å². The predicted octanol–water partition coefficient (Wildman–Crippen LogP) is 2.54. The quantitative estimate of drug-likeness (QED) is 0.880. The topological polar surface area (TPSA) is 51.2 Å². The summed E-state index contributed by atoms with van der Waals surface area (Å²) in [5, 5.41) is 3.46. The van der Waals surface area contributed by atoms with E-state index in [0.717, 1.165) is 6.54 Å². The zero-order valence-electron chi connectivity index (χ0n) is 11.0. The Hall–Kier alpha value is -1.34. The Morgan fingerprint density at radius 1 is 1.43 bits per heavy atom. The minimum atomic E-state index is -0.497. The first-order chi connectivity index (χ1) is 9.75. The van der Waals surface area contributed by atoms with Crippen LogP contribution in [0.1, 0.15) is 9.80 Å². The molecule has 4 nitrogen and oxygen atoms in total. The van der Waals surface area contributed by atoms with Crippen LogP contribution in [-0.2, 0) is 4.74 Å². The van der Waals surface area contributed by atoms with E-state index in [1.165, 1.54) is 23.6 Å². The minimum absolute atomic E-state index is 0. The van der Waals surface area contributed by atoms with E-state index in [-0.39, 0.29) is 24.0 Å². The number of rotatable bonds is 3. The zero-order chi connectivity index (χ0) is 13.9. The fourth-order valence-electron chi connectivity index (χ4n) is 2.05. The van der Waals surface area contributed by atoms with Gasteiger partial charge in [0.2, 0.25) is 5.78 Å². The second kappa shape index (κ2) is 7.09. The molecule has 0 bridgehead atoms. The van der Waals surface area contributed by atoms with Crippen molar-refractivity contribution < 1.29 is 13.9 Å². The van der Waals surface area contributed by atoms with Gasteiger partial charge in [0.15, 0.2) is 5.01 Å². The molecule has 1 aliphatic heterocycles. The fraction of sp³-hybridized carbons (Fsp3) is 0.286. The van der Waals surface area contributed by atoms with Crippen LogP contribution >= 0.6 is 23.7 Å². The first kappa shape index (κ1) is 16.0. The van der Waals surface area contributed by atoms with Gasteiger partial charge in [-0.1, -0.05) is 18.2 Å². The molecule has 1 N–H and O–H groups in total. The number of hydrogen-bond donors (Lipinski definition) is 1. The summed E-state index contributed by atoms with van der Waals surface area (Å²) in [5.74, 6) is -0.462. The van der Waals surface area contributed by atoms with Crippen molar-refractivity contribution in [3.63, 3.8) is 0 Å². The van der Waals surface area contributed by atoms with Gasteiger partial charge in [-0.15, -0.1) is 23.7 Å². The number of ketones is 1. The van der Waals surface area contributed by atoms with Crippen molar-refractivity contribution in [2.75, 3.05) is 19.7 Å². The Bertz CT molecular complexity index is 629. The van der Waals surface area contributed by atoms with Crippen molar-refractivity contribution in [3.05, 3.63) is 41.3 Å². The maximum Gasteiger partial charge on any atom is 0.221 e. The number of halogens is 2. The molecule has 21 heavy (non-hydrogen) atoms. The van der Waals surface area contributed by atoms with Crippen molar-refractivity contribution in [1.82, 2.24) is 10.3 Å². The van der Waals surface area contributed by atoms with Gasteiger partial charge in [0.05, 0.1) is 11.5 Å². The van der Waals surface area contributed by atoms with Crippen molar-refractivity contribution in [2.24, 2.45) is 0 Å². The molecule has 3 rings (SSSR count). The molecular formula is C14H14ClFN2O2S. The Balaban J connectivity index is 0.00000161. The summed E-state index contributed by atoms with van der Waals surface area (Å²) in [6.07, 6.45) is 1.04. The van der Waals surface area contributed by atoms with Gasteiger partial charge in [0.25, 0.3) is 0 Å². The van der Waals surface area contributed by atoms with Crippen LogP contribution in [0.15, 0.2) is 30.5 Å². The summed E-state index contributed by atoms with van der Waals surface area (Å²) in [6.45, 7) is 1.76. The lowest BCUT2D eigenvalue weighted by Crippen LogP contribution is -2.43. The molecule has 1 aliphatic rings. The van der Waals surface area contributed by atoms with Gasteiger partial charge in [0, 0.05) is 24.8 Å². The summed E-state index contributed by atoms with van der Waals surface area (Å²) >= 11 is 1.19. The number of thiazole rings is 1. The van der Waals surface area contributed by atoms with Gasteiger partial charge in [-0.3, -0.25) is 4.79 Å². The molecule has 0 spiro atoms. The predicted molar refractivity (Wildman–Crippen MR) is 81.7 cm³/mol. The van der Waals surface area contributed by atoms with Gasteiger partial charge in [-0.2, -0.15) is 0 Å². The molecule has 0 saturated carbocycles. The third-order valence-corrected chi connectivity index (χ3v) is 4.12. The Kier molecular flexibility index (Phi) is 5.41. The molecule has 1 atom stereocenters. The highest BCUT2D eigenvalue weighted by Crippen LogP contribution is 2.29. The smallest absolute Gasteiger partial charge is 0.221 e. The lowest BCUT2D eigenvalue weighted by Gasteiger charge is -2.21. The van der Waals surface area contributed by atoms with Crippen LogP contribution < -0.4 is 5.32 Å². The largest absolute Gasteiger partial charge is 0.367 e. The van der Waals surface area contributed by atoms with Crippen molar-refractivity contribution in [3.8, 4) is 10.4 Å². The summed E-state index contributed by atoms with van der Waals surface area (Å²) in [4.78, 5) is 17.0. The average Bonchev–Trinajstić information content (AvgIpc) is 2.97. The average molecular weight is 329 g/mol. The Labute approximate surface area is 131 Å². The van der Waals surface area contributed by atoms with Crippen LogP contribution in [0.5, 0.6) is 0 Å². The number of hydrogen-bond acceptors (Lipinski definition) is 5. The number of aromatic nitrogens is 1. The second-order valence-corrected chi connectivity index (χ2v) is 5.47. The molecule has 1 aromatic heterocycles. The molecule has 1 aromatic carbocycles. The molecule has 0 radical (unpaired) electrons. The first-order valence-corrected chi connectivity index (χ1v) is 7.14. The first-order valence-electron chi connectivity index (χ1n) is 6.33. The maximum absolute atomic E-state index is 13.7. The van der Waals surface area contributed by atoms with Gasteiger partial charge < -0.3 is 10.1 Å². The summed E-state index contributed by atoms with van der Waals surface area (Å²) in [6, 6.07) is 6.46. The van der Waals surface area contributed by atoms with E-state index >= 15 is 0 Å². The number of nitrogens with one attached hydrogen (secondary N) is 1. The number of carbonyl (C=O) groups is 1. The van der Waals surface area contributed by atoms with Gasteiger partial charge in [0.1, 0.15) is 11.9 Å². The minimum Gasteiger partial charge on any atom is -0.367 e. The van der Waals surface area contributed by atoms with Crippen LogP contribution in [0.25, 0.3) is 10.4 Å². The third kappa shape index (κ3) is 3.47. The van der Waals surface area contributed by atoms with Gasteiger partial charge >= 0.3 is 0 Å². The van der Waals surface area contributed by atoms with Crippen molar-refractivity contribution in [1.29, 1.82) is 0 Å². The van der Waals surface area contributed by atoms with E-state index in [9.17, 15) is 9.18 Å². The normalized spacial score (nSPS) is 18.0. The number of carbonyl (C=O) groups excluding carboxylic acids is 1. The molecule has 1 saturated heterocycles. The van der Waals surface area contributed by atoms with Crippen LogP contribution in [0.4, 0.5) is 4.39 Å². The molecule has 0 unspecified atom stereocenters. The van der Waals surface area contributed by atoms with E-state index in [1.54, 1.807) is 18.2 Å². The summed E-state index contributed by atoms with van der Waals surface area (Å²) < 4.78 is 19.1. The molecule has 0 aliphatic carbocycles. The van der Waals surface area contributed by atoms with Gasteiger partial charge in [-0.05, 0) is 6.07 Å². The van der Waals surface area contributed by atoms with E-state index in [0.29, 0.717) is 28.6 Å². The number of benzene rings is 1. The number of Topliss-reactive ketones (excluding diaryl/α,β-unsaturated/α-hetero) is 1. The molecular weight excluding hydrogens is 315 g/mol. The van der Waals surface area contributed by atoms with Crippen LogP contribution in [0.3, 0.4) is 0 Å². The molecule has 112 valence electrons. The third-order valence-electron chi connectivity index (χ3n) is 3.08.